The van der Waals surface area contributed by atoms with E-state index in [1.165, 1.54) is 0 Å². The van der Waals surface area contributed by atoms with Gasteiger partial charge in [-0.25, -0.2) is 0 Å². The summed E-state index contributed by atoms with van der Waals surface area (Å²) in [4.78, 5) is 29.2. The van der Waals surface area contributed by atoms with E-state index in [0.29, 0.717) is 18.4 Å². The highest BCUT2D eigenvalue weighted by molar-refractivity contribution is 5.94. The van der Waals surface area contributed by atoms with Crippen LogP contribution in [0, 0.1) is 11.8 Å². The number of nitrogens with one attached hydrogen (secondary N) is 1. The molecule has 148 valence electrons. The normalized spacial score (nSPS) is 26.9. The molecule has 2 saturated heterocycles. The van der Waals surface area contributed by atoms with E-state index in [1.54, 1.807) is 4.90 Å². The van der Waals surface area contributed by atoms with E-state index in [-0.39, 0.29) is 11.8 Å². The topological polar surface area (TPSA) is 78.7 Å². The summed E-state index contributed by atoms with van der Waals surface area (Å²) in [6.07, 6.45) is 2.15. The number of benzene rings is 1. The average molecular weight is 373 g/mol. The van der Waals surface area contributed by atoms with Crippen LogP contribution in [0.25, 0.3) is 0 Å². The molecular formula is C21H32N4O2. The minimum absolute atomic E-state index is 0.0918. The number of hydrogen-bond donors (Lipinski definition) is 2. The Morgan fingerprint density at radius 3 is 2.48 bits per heavy atom. The summed E-state index contributed by atoms with van der Waals surface area (Å²) in [6, 6.07) is 9.42. The number of nitrogens with zero attached hydrogens (tertiary/aromatic N) is 2. The first-order valence-electron chi connectivity index (χ1n) is 9.99. The maximum absolute atomic E-state index is 12.9. The Kier molecular flexibility index (Phi) is 5.86. The lowest BCUT2D eigenvalue weighted by atomic mass is 9.90. The molecule has 2 heterocycles. The second-order valence-corrected chi connectivity index (χ2v) is 8.58. The lowest BCUT2D eigenvalue weighted by Gasteiger charge is -2.35. The molecule has 2 unspecified atom stereocenters. The molecule has 6 heteroatoms. The Bertz CT molecular complexity index is 670. The van der Waals surface area contributed by atoms with Gasteiger partial charge in [0.2, 0.25) is 5.91 Å². The third-order valence-electron chi connectivity index (χ3n) is 5.73. The summed E-state index contributed by atoms with van der Waals surface area (Å²) in [5, 5.41) is 3.29. The van der Waals surface area contributed by atoms with Gasteiger partial charge in [0.15, 0.2) is 0 Å². The minimum Gasteiger partial charge on any atom is -0.339 e. The van der Waals surface area contributed by atoms with Gasteiger partial charge in [-0.2, -0.15) is 0 Å². The van der Waals surface area contributed by atoms with E-state index in [9.17, 15) is 9.59 Å². The minimum atomic E-state index is -0.572. The summed E-state index contributed by atoms with van der Waals surface area (Å²) >= 11 is 0. The van der Waals surface area contributed by atoms with Crippen molar-refractivity contribution in [2.75, 3.05) is 19.6 Å². The van der Waals surface area contributed by atoms with Crippen molar-refractivity contribution in [2.45, 2.75) is 51.9 Å². The number of hydrogen-bond acceptors (Lipinski definition) is 4. The summed E-state index contributed by atoms with van der Waals surface area (Å²) < 4.78 is 0. The first-order chi connectivity index (χ1) is 12.8. The van der Waals surface area contributed by atoms with Crippen LogP contribution in [0.2, 0.25) is 0 Å². The van der Waals surface area contributed by atoms with E-state index >= 15 is 0 Å². The second kappa shape index (κ2) is 7.98. The fourth-order valence-electron chi connectivity index (χ4n) is 4.43. The predicted molar refractivity (Wildman–Crippen MR) is 106 cm³/mol. The molecule has 2 aliphatic rings. The molecule has 0 aliphatic carbocycles. The molecule has 2 atom stereocenters. The van der Waals surface area contributed by atoms with Gasteiger partial charge in [0, 0.05) is 25.2 Å². The van der Waals surface area contributed by atoms with Crippen LogP contribution in [-0.4, -0.2) is 53.1 Å². The molecule has 0 aromatic heterocycles. The standard InChI is InChI=1S/C21H32N4O2/c1-15(2)13-21(3)19(27)25(20(22)23-21)14-16-9-11-24(12-10-16)18(26)17-7-5-4-6-8-17/h4-8,15-16,20,23H,9-14,22H2,1-3H3. The van der Waals surface area contributed by atoms with Gasteiger partial charge in [0.1, 0.15) is 6.29 Å². The average Bonchev–Trinajstić information content (AvgIpc) is 2.84. The molecule has 2 aliphatic heterocycles. The van der Waals surface area contributed by atoms with Crippen molar-refractivity contribution in [2.24, 2.45) is 17.6 Å². The smallest absolute Gasteiger partial charge is 0.253 e. The van der Waals surface area contributed by atoms with Gasteiger partial charge < -0.3 is 9.80 Å². The van der Waals surface area contributed by atoms with Crippen LogP contribution in [0.5, 0.6) is 0 Å². The fraction of sp³-hybridized carbons (Fsp3) is 0.619. The molecule has 0 saturated carbocycles. The van der Waals surface area contributed by atoms with E-state index in [4.69, 9.17) is 5.73 Å². The second-order valence-electron chi connectivity index (χ2n) is 8.58. The van der Waals surface area contributed by atoms with Crippen LogP contribution >= 0.6 is 0 Å². The quantitative estimate of drug-likeness (QED) is 0.829. The number of carbonyl (C=O) groups is 2. The van der Waals surface area contributed by atoms with Gasteiger partial charge in [0.05, 0.1) is 5.54 Å². The Hall–Kier alpha value is -1.92. The van der Waals surface area contributed by atoms with Crippen LogP contribution in [0.3, 0.4) is 0 Å². The van der Waals surface area contributed by atoms with Crippen LogP contribution in [0.1, 0.15) is 50.4 Å². The molecule has 0 spiro atoms. The Balaban J connectivity index is 1.55. The van der Waals surface area contributed by atoms with Crippen molar-refractivity contribution in [1.82, 2.24) is 15.1 Å². The van der Waals surface area contributed by atoms with Gasteiger partial charge in [-0.05, 0) is 50.2 Å². The van der Waals surface area contributed by atoms with Gasteiger partial charge in [-0.1, -0.05) is 32.0 Å². The fourth-order valence-corrected chi connectivity index (χ4v) is 4.43. The molecule has 0 bridgehead atoms. The molecular weight excluding hydrogens is 340 g/mol. The van der Waals surface area contributed by atoms with Crippen molar-refractivity contribution in [3.63, 3.8) is 0 Å². The van der Waals surface area contributed by atoms with Crippen LogP contribution in [0.15, 0.2) is 30.3 Å². The molecule has 27 heavy (non-hydrogen) atoms. The van der Waals surface area contributed by atoms with E-state index < -0.39 is 11.8 Å². The highest BCUT2D eigenvalue weighted by Gasteiger charge is 2.47. The van der Waals surface area contributed by atoms with Crippen molar-refractivity contribution in [1.29, 1.82) is 0 Å². The summed E-state index contributed by atoms with van der Waals surface area (Å²) in [6.45, 7) is 8.31. The summed E-state index contributed by atoms with van der Waals surface area (Å²) in [5.41, 5.74) is 6.38. The maximum Gasteiger partial charge on any atom is 0.253 e. The van der Waals surface area contributed by atoms with E-state index in [1.807, 2.05) is 42.2 Å². The van der Waals surface area contributed by atoms with Gasteiger partial charge in [0.25, 0.3) is 5.91 Å². The SMILES string of the molecule is CC(C)CC1(C)NC(N)N(CC2CCN(C(=O)c3ccccc3)CC2)C1=O. The number of likely N-dealkylation sites (tertiary alicyclic amines) is 1. The summed E-state index contributed by atoms with van der Waals surface area (Å²) in [5.74, 6) is 0.995. The van der Waals surface area contributed by atoms with Gasteiger partial charge in [-0.15, -0.1) is 0 Å². The first-order valence-corrected chi connectivity index (χ1v) is 9.99. The lowest BCUT2D eigenvalue weighted by Crippen LogP contribution is -2.49. The molecule has 2 fully saturated rings. The lowest BCUT2D eigenvalue weighted by molar-refractivity contribution is -0.134. The van der Waals surface area contributed by atoms with Crippen molar-refractivity contribution in [3.8, 4) is 0 Å². The van der Waals surface area contributed by atoms with Crippen LogP contribution in [-0.2, 0) is 4.79 Å². The van der Waals surface area contributed by atoms with E-state index in [0.717, 1.165) is 37.9 Å². The molecule has 6 nitrogen and oxygen atoms in total. The zero-order valence-electron chi connectivity index (χ0n) is 16.6. The van der Waals surface area contributed by atoms with Crippen LogP contribution in [0.4, 0.5) is 0 Å². The molecule has 1 aromatic rings. The monoisotopic (exact) mass is 372 g/mol. The zero-order chi connectivity index (χ0) is 19.6. The largest absolute Gasteiger partial charge is 0.339 e. The van der Waals surface area contributed by atoms with Crippen molar-refractivity contribution >= 4 is 11.8 Å². The molecule has 2 amide bonds. The number of amides is 2. The van der Waals surface area contributed by atoms with Crippen molar-refractivity contribution < 1.29 is 9.59 Å². The molecule has 3 rings (SSSR count). The van der Waals surface area contributed by atoms with Gasteiger partial charge >= 0.3 is 0 Å². The number of carbonyl (C=O) groups excluding carboxylic acids is 2. The Labute approximate surface area is 162 Å². The predicted octanol–water partition coefficient (Wildman–Crippen LogP) is 2.02. The third-order valence-corrected chi connectivity index (χ3v) is 5.73. The van der Waals surface area contributed by atoms with Crippen LogP contribution < -0.4 is 11.1 Å². The zero-order valence-corrected chi connectivity index (χ0v) is 16.6. The first kappa shape index (κ1) is 19.8. The highest BCUT2D eigenvalue weighted by Crippen LogP contribution is 2.28. The molecule has 1 aromatic carbocycles. The number of rotatable bonds is 5. The van der Waals surface area contributed by atoms with Crippen molar-refractivity contribution in [3.05, 3.63) is 35.9 Å². The Morgan fingerprint density at radius 2 is 1.89 bits per heavy atom. The maximum atomic E-state index is 12.9. The highest BCUT2D eigenvalue weighted by atomic mass is 16.2. The Morgan fingerprint density at radius 1 is 1.26 bits per heavy atom. The number of piperidine rings is 1. The molecule has 0 radical (unpaired) electrons. The van der Waals surface area contributed by atoms with E-state index in [2.05, 4.69) is 19.2 Å². The summed E-state index contributed by atoms with van der Waals surface area (Å²) in [7, 11) is 0. The van der Waals surface area contributed by atoms with Gasteiger partial charge in [-0.3, -0.25) is 20.6 Å². The molecule has 3 N–H and O–H groups in total. The number of nitrogens with two attached hydrogens (primary N) is 1. The third kappa shape index (κ3) is 4.33.